The van der Waals surface area contributed by atoms with Crippen LogP contribution in [0.4, 0.5) is 8.78 Å². The molecular weight excluding hydrogens is 300 g/mol. The van der Waals surface area contributed by atoms with Crippen LogP contribution in [0.15, 0.2) is 10.7 Å². The first kappa shape index (κ1) is 13.8. The number of carbonyl (C=O) groups is 1. The molecule has 0 saturated carbocycles. The number of nitrogens with zero attached hydrogens (tertiary/aromatic N) is 1. The summed E-state index contributed by atoms with van der Waals surface area (Å²) in [6, 6.07) is 0.885. The molecule has 0 saturated heterocycles. The van der Waals surface area contributed by atoms with E-state index in [0.29, 0.717) is 0 Å². The molecule has 0 aliphatic heterocycles. The van der Waals surface area contributed by atoms with Gasteiger partial charge in [0.1, 0.15) is 10.4 Å². The van der Waals surface area contributed by atoms with Gasteiger partial charge >= 0.3 is 5.97 Å². The Morgan fingerprint density at radius 2 is 2.29 bits per heavy atom. The van der Waals surface area contributed by atoms with Crippen LogP contribution in [0.1, 0.15) is 24.6 Å². The summed E-state index contributed by atoms with van der Waals surface area (Å²) >= 11 is 2.86. The molecule has 0 radical (unpaired) electrons. The molecule has 1 aromatic rings. The SMILES string of the molecule is CCOC(=O)Cc1nc(Br)c(C(F)F)cc1O. The third-order valence-corrected chi connectivity index (χ3v) is 2.55. The van der Waals surface area contributed by atoms with Gasteiger partial charge < -0.3 is 9.84 Å². The zero-order chi connectivity index (χ0) is 13.0. The Morgan fingerprint density at radius 1 is 1.65 bits per heavy atom. The Hall–Kier alpha value is -1.24. The second-order valence-corrected chi connectivity index (χ2v) is 3.87. The molecule has 17 heavy (non-hydrogen) atoms. The van der Waals surface area contributed by atoms with Crippen LogP contribution in [-0.4, -0.2) is 22.7 Å². The van der Waals surface area contributed by atoms with E-state index in [0.717, 1.165) is 6.07 Å². The second kappa shape index (κ2) is 5.90. The maximum atomic E-state index is 12.5. The van der Waals surface area contributed by atoms with Crippen LogP contribution in [0.2, 0.25) is 0 Å². The monoisotopic (exact) mass is 309 g/mol. The van der Waals surface area contributed by atoms with Gasteiger partial charge in [-0.25, -0.2) is 13.8 Å². The van der Waals surface area contributed by atoms with Gasteiger partial charge in [-0.2, -0.15) is 0 Å². The van der Waals surface area contributed by atoms with Crippen molar-refractivity contribution in [3.63, 3.8) is 0 Å². The first-order valence-corrected chi connectivity index (χ1v) is 5.57. The van der Waals surface area contributed by atoms with E-state index < -0.39 is 23.7 Å². The van der Waals surface area contributed by atoms with Crippen LogP contribution < -0.4 is 0 Å². The minimum absolute atomic E-state index is 0.000255. The zero-order valence-corrected chi connectivity index (χ0v) is 10.5. The number of hydrogen-bond donors (Lipinski definition) is 1. The van der Waals surface area contributed by atoms with Gasteiger partial charge in [-0.1, -0.05) is 0 Å². The predicted molar refractivity (Wildman–Crippen MR) is 58.9 cm³/mol. The molecule has 0 aliphatic rings. The van der Waals surface area contributed by atoms with E-state index in [1.165, 1.54) is 0 Å². The van der Waals surface area contributed by atoms with E-state index in [1.54, 1.807) is 6.92 Å². The van der Waals surface area contributed by atoms with Crippen molar-refractivity contribution in [1.82, 2.24) is 4.98 Å². The Bertz CT molecular complexity index is 426. The highest BCUT2D eigenvalue weighted by Gasteiger charge is 2.18. The summed E-state index contributed by atoms with van der Waals surface area (Å²) in [4.78, 5) is 14.9. The lowest BCUT2D eigenvalue weighted by atomic mass is 10.2. The Kier molecular flexibility index (Phi) is 4.80. The molecule has 0 bridgehead atoms. The maximum absolute atomic E-state index is 12.5. The van der Waals surface area contributed by atoms with Gasteiger partial charge in [0, 0.05) is 0 Å². The fraction of sp³-hybridized carbons (Fsp3) is 0.400. The van der Waals surface area contributed by atoms with Gasteiger partial charge in [0.15, 0.2) is 0 Å². The fourth-order valence-corrected chi connectivity index (χ4v) is 1.66. The van der Waals surface area contributed by atoms with E-state index in [2.05, 4.69) is 25.7 Å². The van der Waals surface area contributed by atoms with E-state index in [4.69, 9.17) is 0 Å². The Balaban J connectivity index is 2.95. The molecule has 4 nitrogen and oxygen atoms in total. The topological polar surface area (TPSA) is 59.4 Å². The molecule has 0 aliphatic carbocycles. The number of hydrogen-bond acceptors (Lipinski definition) is 4. The van der Waals surface area contributed by atoms with E-state index in [-0.39, 0.29) is 23.3 Å². The molecule has 0 fully saturated rings. The molecule has 0 aromatic carbocycles. The molecule has 94 valence electrons. The summed E-state index contributed by atoms with van der Waals surface area (Å²) in [6.07, 6.45) is -3.01. The number of rotatable bonds is 4. The number of aromatic nitrogens is 1. The number of alkyl halides is 2. The van der Waals surface area contributed by atoms with Crippen molar-refractivity contribution in [3.05, 3.63) is 21.9 Å². The largest absolute Gasteiger partial charge is 0.506 e. The van der Waals surface area contributed by atoms with E-state index in [1.807, 2.05) is 0 Å². The number of ether oxygens (including phenoxy) is 1. The first-order valence-electron chi connectivity index (χ1n) is 4.77. The summed E-state index contributed by atoms with van der Waals surface area (Å²) in [6.45, 7) is 1.84. The minimum atomic E-state index is -2.75. The van der Waals surface area contributed by atoms with Crippen molar-refractivity contribution in [3.8, 4) is 5.75 Å². The molecular formula is C10H10BrF2NO3. The molecule has 0 unspecified atom stereocenters. The lowest BCUT2D eigenvalue weighted by molar-refractivity contribution is -0.142. The highest BCUT2D eigenvalue weighted by Crippen LogP contribution is 2.30. The van der Waals surface area contributed by atoms with Gasteiger partial charge in [-0.05, 0) is 28.9 Å². The number of carbonyl (C=O) groups excluding carboxylic acids is 1. The number of pyridine rings is 1. The second-order valence-electron chi connectivity index (χ2n) is 3.12. The summed E-state index contributed by atoms with van der Waals surface area (Å²) in [5.74, 6) is -1.02. The molecule has 1 heterocycles. The van der Waals surface area contributed by atoms with E-state index in [9.17, 15) is 18.7 Å². The number of esters is 1. The quantitative estimate of drug-likeness (QED) is 0.686. The lowest BCUT2D eigenvalue weighted by Crippen LogP contribution is -2.09. The Morgan fingerprint density at radius 3 is 2.82 bits per heavy atom. The standard InChI is InChI=1S/C10H10BrF2NO3/c1-2-17-8(16)4-6-7(15)3-5(10(12)13)9(11)14-6/h3,10,15H,2,4H2,1H3. The van der Waals surface area contributed by atoms with Crippen LogP contribution in [0.3, 0.4) is 0 Å². The summed E-state index contributed by atoms with van der Waals surface area (Å²) in [5.41, 5.74) is -0.421. The highest BCUT2D eigenvalue weighted by molar-refractivity contribution is 9.10. The van der Waals surface area contributed by atoms with Crippen LogP contribution >= 0.6 is 15.9 Å². The van der Waals surface area contributed by atoms with Crippen molar-refractivity contribution >= 4 is 21.9 Å². The molecule has 0 spiro atoms. The summed E-state index contributed by atoms with van der Waals surface area (Å²) in [5, 5.41) is 9.46. The molecule has 0 atom stereocenters. The molecule has 0 amide bonds. The molecule has 1 rings (SSSR count). The minimum Gasteiger partial charge on any atom is -0.506 e. The molecule has 1 aromatic heterocycles. The van der Waals surface area contributed by atoms with Gasteiger partial charge in [0.05, 0.1) is 24.3 Å². The van der Waals surface area contributed by atoms with Crippen LogP contribution in [-0.2, 0) is 16.0 Å². The number of halogens is 3. The van der Waals surface area contributed by atoms with Crippen LogP contribution in [0.25, 0.3) is 0 Å². The maximum Gasteiger partial charge on any atom is 0.312 e. The normalized spacial score (nSPS) is 10.6. The van der Waals surface area contributed by atoms with Crippen molar-refractivity contribution in [1.29, 1.82) is 0 Å². The van der Waals surface area contributed by atoms with Crippen molar-refractivity contribution < 1.29 is 23.4 Å². The fourth-order valence-electron chi connectivity index (χ4n) is 1.16. The molecule has 1 N–H and O–H groups in total. The average molecular weight is 310 g/mol. The zero-order valence-electron chi connectivity index (χ0n) is 8.91. The lowest BCUT2D eigenvalue weighted by Gasteiger charge is -2.08. The number of aromatic hydroxyl groups is 1. The van der Waals surface area contributed by atoms with Crippen molar-refractivity contribution in [2.24, 2.45) is 0 Å². The third-order valence-electron chi connectivity index (χ3n) is 1.91. The van der Waals surface area contributed by atoms with E-state index >= 15 is 0 Å². The van der Waals surface area contributed by atoms with Crippen LogP contribution in [0.5, 0.6) is 5.75 Å². The van der Waals surface area contributed by atoms with Gasteiger partial charge in [0.25, 0.3) is 6.43 Å². The van der Waals surface area contributed by atoms with Gasteiger partial charge in [-0.3, -0.25) is 4.79 Å². The van der Waals surface area contributed by atoms with Gasteiger partial charge in [-0.15, -0.1) is 0 Å². The summed E-state index contributed by atoms with van der Waals surface area (Å²) in [7, 11) is 0. The average Bonchev–Trinajstić information content (AvgIpc) is 2.22. The predicted octanol–water partition coefficient (Wildman–Crippen LogP) is 2.59. The summed E-state index contributed by atoms with van der Waals surface area (Å²) < 4.78 is 29.5. The van der Waals surface area contributed by atoms with Crippen molar-refractivity contribution in [2.75, 3.05) is 6.61 Å². The molecule has 7 heteroatoms. The first-order chi connectivity index (χ1) is 7.95. The highest BCUT2D eigenvalue weighted by atomic mass is 79.9. The Labute approximate surface area is 105 Å². The van der Waals surface area contributed by atoms with Crippen LogP contribution in [0, 0.1) is 0 Å². The van der Waals surface area contributed by atoms with Gasteiger partial charge in [0.2, 0.25) is 0 Å². The van der Waals surface area contributed by atoms with Crippen molar-refractivity contribution in [2.45, 2.75) is 19.8 Å². The third kappa shape index (κ3) is 3.62. The smallest absolute Gasteiger partial charge is 0.312 e.